The summed E-state index contributed by atoms with van der Waals surface area (Å²) >= 11 is 0. The van der Waals surface area contributed by atoms with Crippen LogP contribution in [0.1, 0.15) is 11.4 Å². The smallest absolute Gasteiger partial charge is 0.451 e. The number of benzene rings is 1. The summed E-state index contributed by atoms with van der Waals surface area (Å²) in [5, 5.41) is 7.19. The summed E-state index contributed by atoms with van der Waals surface area (Å²) in [5.74, 6) is -1.73. The third-order valence-electron chi connectivity index (χ3n) is 2.55. The number of alkyl halides is 3. The molecule has 1 aromatic heterocycles. The molecule has 0 unspecified atom stereocenters. The molecule has 2 rings (SSSR count). The molecule has 0 fully saturated rings. The molecule has 0 aliphatic rings. The molecule has 21 heavy (non-hydrogen) atoms. The minimum Gasteiger partial charge on any atom is -0.496 e. The van der Waals surface area contributed by atoms with E-state index in [4.69, 9.17) is 4.74 Å². The monoisotopic (exact) mass is 300 g/mol. The quantitative estimate of drug-likeness (QED) is 0.905. The van der Waals surface area contributed by atoms with Gasteiger partial charge in [-0.2, -0.15) is 18.2 Å². The Labute approximate surface area is 117 Å². The van der Waals surface area contributed by atoms with Gasteiger partial charge >= 0.3 is 6.18 Å². The van der Waals surface area contributed by atoms with Crippen LogP contribution in [0.2, 0.25) is 0 Å². The number of para-hydroxylation sites is 1. The lowest BCUT2D eigenvalue weighted by Crippen LogP contribution is -2.16. The number of hydrogen-bond acceptors (Lipinski definition) is 4. The van der Waals surface area contributed by atoms with Crippen molar-refractivity contribution in [2.45, 2.75) is 12.6 Å². The molecule has 0 saturated heterocycles. The fraction of sp³-hybridized carbons (Fsp3) is 0.250. The number of nitrogens with zero attached hydrogens (tertiary/aromatic N) is 2. The van der Waals surface area contributed by atoms with Gasteiger partial charge in [0.15, 0.2) is 0 Å². The Balaban J connectivity index is 2.03. The summed E-state index contributed by atoms with van der Waals surface area (Å²) < 4.78 is 42.0. The van der Waals surface area contributed by atoms with Crippen LogP contribution in [-0.2, 0) is 17.4 Å². The molecule has 6 nitrogen and oxygen atoms in total. The van der Waals surface area contributed by atoms with Gasteiger partial charge in [0, 0.05) is 5.56 Å². The predicted molar refractivity (Wildman–Crippen MR) is 66.7 cm³/mol. The SMILES string of the molecule is COc1ccccc1CC(=O)Nc1n[nH]c(C(F)(F)F)n1. The van der Waals surface area contributed by atoms with Crippen molar-refractivity contribution in [3.63, 3.8) is 0 Å². The molecule has 0 spiro atoms. The highest BCUT2D eigenvalue weighted by atomic mass is 19.4. The van der Waals surface area contributed by atoms with E-state index in [1.165, 1.54) is 7.11 Å². The minimum absolute atomic E-state index is 0.0695. The summed E-state index contributed by atoms with van der Waals surface area (Å²) in [6.45, 7) is 0. The molecule has 0 aliphatic heterocycles. The third kappa shape index (κ3) is 3.71. The first-order chi connectivity index (χ1) is 9.90. The second kappa shape index (κ2) is 5.81. The van der Waals surface area contributed by atoms with Crippen molar-refractivity contribution in [1.82, 2.24) is 15.2 Å². The van der Waals surface area contributed by atoms with Gasteiger partial charge in [0.2, 0.25) is 17.7 Å². The maximum Gasteiger partial charge on any atom is 0.451 e. The van der Waals surface area contributed by atoms with Crippen LogP contribution in [0.3, 0.4) is 0 Å². The fourth-order valence-corrected chi connectivity index (χ4v) is 1.64. The van der Waals surface area contributed by atoms with E-state index < -0.39 is 23.9 Å². The lowest BCUT2D eigenvalue weighted by atomic mass is 10.1. The number of carbonyl (C=O) groups excluding carboxylic acids is 1. The van der Waals surface area contributed by atoms with Crippen LogP contribution in [0.5, 0.6) is 5.75 Å². The maximum atomic E-state index is 12.3. The Hall–Kier alpha value is -2.58. The number of hydrogen-bond donors (Lipinski definition) is 2. The lowest BCUT2D eigenvalue weighted by molar-refractivity contribution is -0.144. The summed E-state index contributed by atoms with van der Waals surface area (Å²) in [5.41, 5.74) is 0.601. The number of H-pyrrole nitrogens is 1. The van der Waals surface area contributed by atoms with Crippen LogP contribution in [0, 0.1) is 0 Å². The van der Waals surface area contributed by atoms with Crippen molar-refractivity contribution in [3.05, 3.63) is 35.7 Å². The summed E-state index contributed by atoms with van der Waals surface area (Å²) in [6.07, 6.45) is -4.71. The average Bonchev–Trinajstić information content (AvgIpc) is 2.87. The first-order valence-electron chi connectivity index (χ1n) is 5.81. The molecule has 0 aliphatic carbocycles. The van der Waals surface area contributed by atoms with E-state index in [2.05, 4.69) is 15.4 Å². The number of methoxy groups -OCH3 is 1. The Bertz CT molecular complexity index is 639. The molecule has 9 heteroatoms. The van der Waals surface area contributed by atoms with Gasteiger partial charge in [-0.15, -0.1) is 5.10 Å². The van der Waals surface area contributed by atoms with Crippen molar-refractivity contribution in [3.8, 4) is 5.75 Å². The van der Waals surface area contributed by atoms with E-state index in [1.54, 1.807) is 29.4 Å². The molecule has 0 radical (unpaired) electrons. The highest BCUT2D eigenvalue weighted by Gasteiger charge is 2.35. The van der Waals surface area contributed by atoms with E-state index in [-0.39, 0.29) is 6.42 Å². The lowest BCUT2D eigenvalue weighted by Gasteiger charge is -2.07. The molecule has 0 bridgehead atoms. The van der Waals surface area contributed by atoms with Gasteiger partial charge in [-0.1, -0.05) is 18.2 Å². The zero-order chi connectivity index (χ0) is 15.5. The summed E-state index contributed by atoms with van der Waals surface area (Å²) in [6, 6.07) is 6.82. The van der Waals surface area contributed by atoms with Crippen molar-refractivity contribution in [1.29, 1.82) is 0 Å². The van der Waals surface area contributed by atoms with Gasteiger partial charge < -0.3 is 4.74 Å². The predicted octanol–water partition coefficient (Wildman–Crippen LogP) is 2.01. The fourth-order valence-electron chi connectivity index (χ4n) is 1.64. The van der Waals surface area contributed by atoms with Crippen LogP contribution in [0.15, 0.2) is 24.3 Å². The summed E-state index contributed by atoms with van der Waals surface area (Å²) in [4.78, 5) is 14.9. The van der Waals surface area contributed by atoms with Gasteiger partial charge in [-0.05, 0) is 6.07 Å². The molecule has 0 atom stereocenters. The van der Waals surface area contributed by atoms with Crippen molar-refractivity contribution in [2.75, 3.05) is 12.4 Å². The highest BCUT2D eigenvalue weighted by Crippen LogP contribution is 2.26. The molecule has 2 aromatic rings. The van der Waals surface area contributed by atoms with Crippen LogP contribution in [0.4, 0.5) is 19.1 Å². The number of halogens is 3. The van der Waals surface area contributed by atoms with Crippen LogP contribution in [0.25, 0.3) is 0 Å². The molecule has 1 amide bonds. The van der Waals surface area contributed by atoms with E-state index in [1.807, 2.05) is 0 Å². The van der Waals surface area contributed by atoms with Crippen molar-refractivity contribution >= 4 is 11.9 Å². The maximum absolute atomic E-state index is 12.3. The second-order valence-corrected chi connectivity index (χ2v) is 4.04. The van der Waals surface area contributed by atoms with Crippen LogP contribution >= 0.6 is 0 Å². The molecule has 1 heterocycles. The molecular weight excluding hydrogens is 289 g/mol. The van der Waals surface area contributed by atoms with Gasteiger partial charge in [0.05, 0.1) is 13.5 Å². The van der Waals surface area contributed by atoms with Crippen LogP contribution < -0.4 is 10.1 Å². The number of aromatic nitrogens is 3. The van der Waals surface area contributed by atoms with Crippen molar-refractivity contribution < 1.29 is 22.7 Å². The number of rotatable bonds is 4. The number of amides is 1. The molecule has 1 aromatic carbocycles. The third-order valence-corrected chi connectivity index (χ3v) is 2.55. The second-order valence-electron chi connectivity index (χ2n) is 4.04. The van der Waals surface area contributed by atoms with Gasteiger partial charge in [0.1, 0.15) is 5.75 Å². The molecular formula is C12H11F3N4O2. The standard InChI is InChI=1S/C12H11F3N4O2/c1-21-8-5-3-2-4-7(8)6-9(20)16-11-17-10(18-19-11)12(13,14)15/h2-5H,6H2,1H3,(H2,16,17,18,19,20). The topological polar surface area (TPSA) is 79.9 Å². The number of anilines is 1. The first kappa shape index (κ1) is 14.8. The highest BCUT2D eigenvalue weighted by molar-refractivity contribution is 5.91. The van der Waals surface area contributed by atoms with Gasteiger partial charge in [0.25, 0.3) is 0 Å². The number of aromatic amines is 1. The van der Waals surface area contributed by atoms with E-state index in [9.17, 15) is 18.0 Å². The molecule has 0 saturated carbocycles. The molecule has 112 valence electrons. The number of carbonyl (C=O) groups is 1. The van der Waals surface area contributed by atoms with Crippen molar-refractivity contribution in [2.24, 2.45) is 0 Å². The van der Waals surface area contributed by atoms with Gasteiger partial charge in [-0.25, -0.2) is 0 Å². The van der Waals surface area contributed by atoms with E-state index in [0.29, 0.717) is 11.3 Å². The zero-order valence-electron chi connectivity index (χ0n) is 10.9. The number of ether oxygens (including phenoxy) is 1. The van der Waals surface area contributed by atoms with Gasteiger partial charge in [-0.3, -0.25) is 15.2 Å². The Morgan fingerprint density at radius 1 is 1.38 bits per heavy atom. The first-order valence-corrected chi connectivity index (χ1v) is 5.81. The summed E-state index contributed by atoms with van der Waals surface area (Å²) in [7, 11) is 1.46. The van der Waals surface area contributed by atoms with E-state index in [0.717, 1.165) is 0 Å². The largest absolute Gasteiger partial charge is 0.496 e. The number of nitrogens with one attached hydrogen (secondary N) is 2. The van der Waals surface area contributed by atoms with E-state index >= 15 is 0 Å². The minimum atomic E-state index is -4.64. The normalized spacial score (nSPS) is 11.2. The zero-order valence-corrected chi connectivity index (χ0v) is 10.9. The van der Waals surface area contributed by atoms with Crippen LogP contribution in [-0.4, -0.2) is 28.2 Å². The molecule has 2 N–H and O–H groups in total. The Kier molecular flexibility index (Phi) is 4.10. The Morgan fingerprint density at radius 2 is 2.10 bits per heavy atom. The Morgan fingerprint density at radius 3 is 2.71 bits per heavy atom. The average molecular weight is 300 g/mol.